The molecule has 0 spiro atoms. The summed E-state index contributed by atoms with van der Waals surface area (Å²) in [5.41, 5.74) is 8.78. The molecule has 0 bridgehead atoms. The first-order valence-corrected chi connectivity index (χ1v) is 8.97. The minimum atomic E-state index is -0.254. The standard InChI is InChI=1S/C22H22N4O2/c1-14-4-6-17(8-16(14)7-5-15-12-24-21(23)25-13-15)20(28)26-18-9-19(27)11-22(2,3)10-18/h4,6,8-9,12-13H,10-11H2,1-3H3,(H,26,28)(H2,23,24,25). The smallest absolute Gasteiger partial charge is 0.255 e. The summed E-state index contributed by atoms with van der Waals surface area (Å²) in [6.45, 7) is 5.96. The molecule has 0 radical (unpaired) electrons. The number of hydrogen-bond donors (Lipinski definition) is 2. The average Bonchev–Trinajstić information content (AvgIpc) is 2.60. The molecule has 0 unspecified atom stereocenters. The molecule has 6 heteroatoms. The van der Waals surface area contributed by atoms with Gasteiger partial charge < -0.3 is 11.1 Å². The number of nitrogen functional groups attached to an aromatic ring is 1. The zero-order valence-corrected chi connectivity index (χ0v) is 16.2. The zero-order chi connectivity index (χ0) is 20.3. The lowest BCUT2D eigenvalue weighted by molar-refractivity contribution is -0.117. The number of carbonyl (C=O) groups excluding carboxylic acids is 2. The first-order chi connectivity index (χ1) is 13.2. The average molecular weight is 374 g/mol. The van der Waals surface area contributed by atoms with Gasteiger partial charge in [0.15, 0.2) is 5.78 Å². The normalized spacial score (nSPS) is 15.2. The van der Waals surface area contributed by atoms with E-state index >= 15 is 0 Å². The molecule has 0 saturated heterocycles. The molecule has 0 aliphatic heterocycles. The zero-order valence-electron chi connectivity index (χ0n) is 16.2. The molecule has 1 aromatic heterocycles. The van der Waals surface area contributed by atoms with E-state index in [-0.39, 0.29) is 23.1 Å². The van der Waals surface area contributed by atoms with E-state index in [0.717, 1.165) is 11.1 Å². The van der Waals surface area contributed by atoms with Crippen molar-refractivity contribution in [2.75, 3.05) is 5.73 Å². The fourth-order valence-electron chi connectivity index (χ4n) is 3.08. The third-order valence-corrected chi connectivity index (χ3v) is 4.44. The van der Waals surface area contributed by atoms with Gasteiger partial charge in [0, 0.05) is 41.7 Å². The maximum absolute atomic E-state index is 12.7. The van der Waals surface area contributed by atoms with E-state index in [1.54, 1.807) is 24.5 Å². The molecule has 1 heterocycles. The van der Waals surface area contributed by atoms with Crippen LogP contribution in [-0.4, -0.2) is 21.7 Å². The fraction of sp³-hybridized carbons (Fsp3) is 0.273. The number of carbonyl (C=O) groups is 2. The van der Waals surface area contributed by atoms with Crippen LogP contribution in [0.2, 0.25) is 0 Å². The molecular weight excluding hydrogens is 352 g/mol. The Kier molecular flexibility index (Phi) is 5.27. The predicted octanol–water partition coefficient (Wildman–Crippen LogP) is 2.77. The summed E-state index contributed by atoms with van der Waals surface area (Å²) < 4.78 is 0. The molecule has 1 amide bonds. The van der Waals surface area contributed by atoms with Crippen LogP contribution in [0.3, 0.4) is 0 Å². The number of benzene rings is 1. The number of hydrogen-bond acceptors (Lipinski definition) is 5. The highest BCUT2D eigenvalue weighted by Crippen LogP contribution is 2.32. The Labute approximate surface area is 164 Å². The van der Waals surface area contributed by atoms with Crippen molar-refractivity contribution in [1.82, 2.24) is 15.3 Å². The quantitative estimate of drug-likeness (QED) is 0.788. The molecule has 0 fully saturated rings. The number of amides is 1. The van der Waals surface area contributed by atoms with Gasteiger partial charge in [-0.05, 0) is 36.5 Å². The number of rotatable bonds is 2. The number of aromatic nitrogens is 2. The Hall–Kier alpha value is -3.46. The number of nitrogens with two attached hydrogens (primary N) is 1. The van der Waals surface area contributed by atoms with E-state index in [1.165, 1.54) is 6.08 Å². The van der Waals surface area contributed by atoms with E-state index in [1.807, 2.05) is 26.8 Å². The molecule has 6 nitrogen and oxygen atoms in total. The molecule has 3 rings (SSSR count). The van der Waals surface area contributed by atoms with Crippen molar-refractivity contribution in [2.24, 2.45) is 5.41 Å². The Morgan fingerprint density at radius 1 is 1.18 bits per heavy atom. The van der Waals surface area contributed by atoms with Crippen LogP contribution in [0.5, 0.6) is 0 Å². The lowest BCUT2D eigenvalue weighted by Gasteiger charge is -2.28. The SMILES string of the molecule is Cc1ccc(C(=O)NC2=CC(=O)CC(C)(C)C2)cc1C#Cc1cnc(N)nc1. The fourth-order valence-corrected chi connectivity index (χ4v) is 3.08. The third kappa shape index (κ3) is 4.83. The highest BCUT2D eigenvalue weighted by atomic mass is 16.1. The molecule has 0 atom stereocenters. The summed E-state index contributed by atoms with van der Waals surface area (Å²) >= 11 is 0. The van der Waals surface area contributed by atoms with E-state index in [9.17, 15) is 9.59 Å². The molecule has 1 aliphatic rings. The maximum Gasteiger partial charge on any atom is 0.255 e. The van der Waals surface area contributed by atoms with Gasteiger partial charge in [0.1, 0.15) is 0 Å². The van der Waals surface area contributed by atoms with Gasteiger partial charge >= 0.3 is 0 Å². The van der Waals surface area contributed by atoms with Crippen molar-refractivity contribution in [2.45, 2.75) is 33.6 Å². The van der Waals surface area contributed by atoms with Crippen LogP contribution in [0.15, 0.2) is 42.4 Å². The Bertz CT molecular complexity index is 1020. The van der Waals surface area contributed by atoms with Crippen LogP contribution in [-0.2, 0) is 4.79 Å². The molecule has 1 aromatic carbocycles. The van der Waals surface area contributed by atoms with Gasteiger partial charge in [0.2, 0.25) is 5.95 Å². The van der Waals surface area contributed by atoms with Crippen LogP contribution in [0, 0.1) is 24.2 Å². The number of nitrogens with zero attached hydrogens (tertiary/aromatic N) is 2. The molecule has 28 heavy (non-hydrogen) atoms. The summed E-state index contributed by atoms with van der Waals surface area (Å²) in [4.78, 5) is 32.4. The van der Waals surface area contributed by atoms with Crippen molar-refractivity contribution in [3.8, 4) is 11.8 Å². The second-order valence-electron chi connectivity index (χ2n) is 7.72. The Morgan fingerprint density at radius 3 is 2.57 bits per heavy atom. The number of allylic oxidation sites excluding steroid dienone is 2. The number of nitrogens with one attached hydrogen (secondary N) is 1. The molecule has 142 valence electrons. The van der Waals surface area contributed by atoms with Crippen LogP contribution in [0.4, 0.5) is 5.95 Å². The minimum Gasteiger partial charge on any atom is -0.368 e. The number of ketones is 1. The van der Waals surface area contributed by atoms with Gasteiger partial charge in [-0.2, -0.15) is 0 Å². The van der Waals surface area contributed by atoms with E-state index in [2.05, 4.69) is 27.1 Å². The highest BCUT2D eigenvalue weighted by molar-refractivity contribution is 5.98. The van der Waals surface area contributed by atoms with Gasteiger partial charge in [-0.1, -0.05) is 31.8 Å². The summed E-state index contributed by atoms with van der Waals surface area (Å²) in [7, 11) is 0. The lowest BCUT2D eigenvalue weighted by Crippen LogP contribution is -2.31. The minimum absolute atomic E-state index is 0.0349. The van der Waals surface area contributed by atoms with E-state index < -0.39 is 0 Å². The topological polar surface area (TPSA) is 98.0 Å². The van der Waals surface area contributed by atoms with Crippen LogP contribution < -0.4 is 11.1 Å². The lowest BCUT2D eigenvalue weighted by atomic mass is 9.79. The summed E-state index contributed by atoms with van der Waals surface area (Å²) in [6.07, 6.45) is 5.77. The van der Waals surface area contributed by atoms with Gasteiger partial charge in [-0.15, -0.1) is 0 Å². The molecule has 0 saturated carbocycles. The number of aryl methyl sites for hydroxylation is 1. The van der Waals surface area contributed by atoms with Crippen molar-refractivity contribution in [3.63, 3.8) is 0 Å². The van der Waals surface area contributed by atoms with Gasteiger partial charge in [0.05, 0.1) is 5.56 Å². The van der Waals surface area contributed by atoms with Crippen molar-refractivity contribution in [3.05, 3.63) is 64.6 Å². The number of anilines is 1. The summed E-state index contributed by atoms with van der Waals surface area (Å²) in [5, 5.41) is 2.87. The van der Waals surface area contributed by atoms with E-state index in [0.29, 0.717) is 29.7 Å². The first kappa shape index (κ1) is 19.3. The van der Waals surface area contributed by atoms with E-state index in [4.69, 9.17) is 5.73 Å². The van der Waals surface area contributed by atoms with Crippen LogP contribution in [0.1, 0.15) is 53.7 Å². The van der Waals surface area contributed by atoms with Crippen LogP contribution in [0.25, 0.3) is 0 Å². The maximum atomic E-state index is 12.7. The molecule has 2 aromatic rings. The third-order valence-electron chi connectivity index (χ3n) is 4.44. The second kappa shape index (κ2) is 7.65. The summed E-state index contributed by atoms with van der Waals surface area (Å²) in [6, 6.07) is 5.34. The van der Waals surface area contributed by atoms with Crippen molar-refractivity contribution >= 4 is 17.6 Å². The summed E-state index contributed by atoms with van der Waals surface area (Å²) in [5.74, 6) is 6.00. The van der Waals surface area contributed by atoms with Crippen LogP contribution >= 0.6 is 0 Å². The first-order valence-electron chi connectivity index (χ1n) is 8.97. The van der Waals surface area contributed by atoms with Gasteiger partial charge in [-0.3, -0.25) is 9.59 Å². The molecular formula is C22H22N4O2. The Morgan fingerprint density at radius 2 is 1.89 bits per heavy atom. The molecule has 1 aliphatic carbocycles. The highest BCUT2D eigenvalue weighted by Gasteiger charge is 2.28. The second-order valence-corrected chi connectivity index (χ2v) is 7.72. The Balaban J connectivity index is 1.80. The van der Waals surface area contributed by atoms with Gasteiger partial charge in [0.25, 0.3) is 5.91 Å². The predicted molar refractivity (Wildman–Crippen MR) is 107 cm³/mol. The largest absolute Gasteiger partial charge is 0.368 e. The van der Waals surface area contributed by atoms with Gasteiger partial charge in [-0.25, -0.2) is 9.97 Å². The van der Waals surface area contributed by atoms with Crippen molar-refractivity contribution in [1.29, 1.82) is 0 Å². The molecule has 3 N–H and O–H groups in total. The van der Waals surface area contributed by atoms with Crippen molar-refractivity contribution < 1.29 is 9.59 Å². The monoisotopic (exact) mass is 374 g/mol.